The third-order valence-electron chi connectivity index (χ3n) is 2.30. The summed E-state index contributed by atoms with van der Waals surface area (Å²) >= 11 is 0. The monoisotopic (exact) mass is 242 g/mol. The van der Waals surface area contributed by atoms with E-state index in [1.807, 2.05) is 19.1 Å². The van der Waals surface area contributed by atoms with Crippen LogP contribution >= 0.6 is 0 Å². The Morgan fingerprint density at radius 2 is 1.89 bits per heavy atom. The molecule has 1 rings (SSSR count). The molecule has 0 aromatic heterocycles. The Morgan fingerprint density at radius 1 is 1.28 bits per heavy atom. The Kier molecular flexibility index (Phi) is 5.21. The summed E-state index contributed by atoms with van der Waals surface area (Å²) in [5.41, 5.74) is 1.13. The van der Waals surface area contributed by atoms with Crippen molar-refractivity contribution in [2.45, 2.75) is 13.3 Å². The van der Waals surface area contributed by atoms with E-state index >= 15 is 0 Å². The summed E-state index contributed by atoms with van der Waals surface area (Å²) in [5, 5.41) is 23.4. The highest BCUT2D eigenvalue weighted by Crippen LogP contribution is 2.19. The van der Waals surface area contributed by atoms with Crippen molar-refractivity contribution in [2.24, 2.45) is 0 Å². The Bertz CT molecular complexity index is 478. The summed E-state index contributed by atoms with van der Waals surface area (Å²) in [7, 11) is 0. The van der Waals surface area contributed by atoms with Crippen molar-refractivity contribution in [3.63, 3.8) is 0 Å². The first-order valence-corrected chi connectivity index (χ1v) is 5.66. The van der Waals surface area contributed by atoms with Crippen molar-refractivity contribution in [3.8, 4) is 12.1 Å². The van der Waals surface area contributed by atoms with Crippen LogP contribution in [0.1, 0.15) is 24.5 Å². The molecule has 1 aromatic carbocycles. The average molecular weight is 242 g/mol. The molecule has 0 unspecified atom stereocenters. The fourth-order valence-electron chi connectivity index (χ4n) is 1.42. The molecular weight excluding hydrogens is 228 g/mol. The lowest BCUT2D eigenvalue weighted by Gasteiger charge is -2.09. The lowest BCUT2D eigenvalue weighted by atomic mass is 10.1. The second-order valence-electron chi connectivity index (χ2n) is 3.66. The molecule has 0 atom stereocenters. The van der Waals surface area contributed by atoms with Crippen LogP contribution in [0.3, 0.4) is 0 Å². The minimum Gasteiger partial charge on any atom is -0.374 e. The summed E-state index contributed by atoms with van der Waals surface area (Å²) in [6, 6.07) is 8.83. The number of nitriles is 2. The summed E-state index contributed by atoms with van der Waals surface area (Å²) in [5.74, 6) is -0.159. The third kappa shape index (κ3) is 3.50. The van der Waals surface area contributed by atoms with Gasteiger partial charge in [-0.25, -0.2) is 0 Å². The number of para-hydroxylation sites is 1. The normalized spacial score (nSPS) is 9.06. The fraction of sp³-hybridized carbons (Fsp3) is 0.308. The van der Waals surface area contributed by atoms with E-state index in [2.05, 4.69) is 10.6 Å². The Morgan fingerprint density at radius 3 is 2.39 bits per heavy atom. The van der Waals surface area contributed by atoms with Gasteiger partial charge in [-0.15, -0.1) is 0 Å². The molecule has 5 nitrogen and oxygen atoms in total. The van der Waals surface area contributed by atoms with Gasteiger partial charge in [0, 0.05) is 6.54 Å². The second kappa shape index (κ2) is 6.93. The van der Waals surface area contributed by atoms with Crippen LogP contribution in [0.4, 0.5) is 5.69 Å². The fourth-order valence-corrected chi connectivity index (χ4v) is 1.42. The largest absolute Gasteiger partial charge is 0.374 e. The van der Waals surface area contributed by atoms with Crippen LogP contribution in [-0.4, -0.2) is 19.0 Å². The maximum absolute atomic E-state index is 11.4. The number of carbonyl (C=O) groups excluding carboxylic acids is 1. The SMILES string of the molecule is CCCNC(=O)CNc1c(C#N)cccc1C#N. The van der Waals surface area contributed by atoms with Gasteiger partial charge in [-0.2, -0.15) is 10.5 Å². The number of carbonyl (C=O) groups is 1. The number of amides is 1. The topological polar surface area (TPSA) is 88.7 Å². The lowest BCUT2D eigenvalue weighted by molar-refractivity contribution is -0.119. The van der Waals surface area contributed by atoms with Crippen LogP contribution in [0, 0.1) is 22.7 Å². The first-order valence-electron chi connectivity index (χ1n) is 5.66. The standard InChI is InChI=1S/C13H14N4O/c1-2-6-16-12(18)9-17-13-10(7-14)4-3-5-11(13)8-15/h3-5,17H,2,6,9H2,1H3,(H,16,18). The minimum atomic E-state index is -0.159. The van der Waals surface area contributed by atoms with Gasteiger partial charge in [-0.1, -0.05) is 13.0 Å². The molecule has 0 fully saturated rings. The van der Waals surface area contributed by atoms with Crippen molar-refractivity contribution < 1.29 is 4.79 Å². The van der Waals surface area contributed by atoms with Crippen molar-refractivity contribution in [1.82, 2.24) is 5.32 Å². The van der Waals surface area contributed by atoms with Crippen LogP contribution in [0.25, 0.3) is 0 Å². The molecule has 2 N–H and O–H groups in total. The predicted molar refractivity (Wildman–Crippen MR) is 67.7 cm³/mol. The zero-order chi connectivity index (χ0) is 13.4. The van der Waals surface area contributed by atoms with E-state index < -0.39 is 0 Å². The lowest BCUT2D eigenvalue weighted by Crippen LogP contribution is -2.30. The van der Waals surface area contributed by atoms with Crippen LogP contribution in [0.2, 0.25) is 0 Å². The number of hydrogen-bond donors (Lipinski definition) is 2. The van der Waals surface area contributed by atoms with Gasteiger partial charge >= 0.3 is 0 Å². The van der Waals surface area contributed by atoms with Gasteiger partial charge in [0.1, 0.15) is 12.1 Å². The molecular formula is C13H14N4O. The van der Waals surface area contributed by atoms with Crippen molar-refractivity contribution in [1.29, 1.82) is 10.5 Å². The Labute approximate surface area is 106 Å². The summed E-state index contributed by atoms with van der Waals surface area (Å²) in [6.45, 7) is 2.63. The van der Waals surface area contributed by atoms with Gasteiger partial charge < -0.3 is 10.6 Å². The van der Waals surface area contributed by atoms with Gasteiger partial charge in [-0.3, -0.25) is 4.79 Å². The van der Waals surface area contributed by atoms with Crippen LogP contribution in [0.15, 0.2) is 18.2 Å². The van der Waals surface area contributed by atoms with Gasteiger partial charge in [0.2, 0.25) is 5.91 Å². The molecule has 18 heavy (non-hydrogen) atoms. The van der Waals surface area contributed by atoms with E-state index in [1.54, 1.807) is 18.2 Å². The highest BCUT2D eigenvalue weighted by atomic mass is 16.1. The molecule has 0 heterocycles. The minimum absolute atomic E-state index is 0.0490. The maximum atomic E-state index is 11.4. The van der Waals surface area contributed by atoms with E-state index in [0.717, 1.165) is 6.42 Å². The Balaban J connectivity index is 2.76. The summed E-state index contributed by atoms with van der Waals surface area (Å²) in [4.78, 5) is 11.4. The van der Waals surface area contributed by atoms with E-state index in [9.17, 15) is 4.79 Å². The van der Waals surface area contributed by atoms with Gasteiger partial charge in [0.25, 0.3) is 0 Å². The van der Waals surface area contributed by atoms with Crippen LogP contribution in [-0.2, 0) is 4.79 Å². The number of rotatable bonds is 5. The van der Waals surface area contributed by atoms with E-state index in [0.29, 0.717) is 23.4 Å². The molecule has 0 bridgehead atoms. The van der Waals surface area contributed by atoms with Crippen molar-refractivity contribution in [3.05, 3.63) is 29.3 Å². The average Bonchev–Trinajstić information content (AvgIpc) is 2.42. The molecule has 0 radical (unpaired) electrons. The first kappa shape index (κ1) is 13.5. The smallest absolute Gasteiger partial charge is 0.239 e. The van der Waals surface area contributed by atoms with Crippen LogP contribution in [0.5, 0.6) is 0 Å². The highest BCUT2D eigenvalue weighted by Gasteiger charge is 2.09. The van der Waals surface area contributed by atoms with Gasteiger partial charge in [-0.05, 0) is 18.6 Å². The molecule has 5 heteroatoms. The van der Waals surface area contributed by atoms with Gasteiger partial charge in [0.05, 0.1) is 23.4 Å². The summed E-state index contributed by atoms with van der Waals surface area (Å²) < 4.78 is 0. The molecule has 1 amide bonds. The number of hydrogen-bond acceptors (Lipinski definition) is 4. The molecule has 0 aliphatic carbocycles. The van der Waals surface area contributed by atoms with E-state index in [-0.39, 0.29) is 12.5 Å². The molecule has 0 saturated carbocycles. The van der Waals surface area contributed by atoms with Crippen molar-refractivity contribution >= 4 is 11.6 Å². The zero-order valence-corrected chi connectivity index (χ0v) is 10.2. The molecule has 0 aliphatic heterocycles. The summed E-state index contributed by atoms with van der Waals surface area (Å²) in [6.07, 6.45) is 0.865. The van der Waals surface area contributed by atoms with E-state index in [4.69, 9.17) is 10.5 Å². The predicted octanol–water partition coefficient (Wildman–Crippen LogP) is 1.37. The number of nitrogens with one attached hydrogen (secondary N) is 2. The molecule has 0 spiro atoms. The third-order valence-corrected chi connectivity index (χ3v) is 2.30. The zero-order valence-electron chi connectivity index (χ0n) is 10.2. The second-order valence-corrected chi connectivity index (χ2v) is 3.66. The number of anilines is 1. The van der Waals surface area contributed by atoms with Gasteiger partial charge in [0.15, 0.2) is 0 Å². The quantitative estimate of drug-likeness (QED) is 0.816. The first-order chi connectivity index (χ1) is 8.72. The molecule has 1 aromatic rings. The highest BCUT2D eigenvalue weighted by molar-refractivity contribution is 5.82. The molecule has 0 saturated heterocycles. The van der Waals surface area contributed by atoms with Crippen LogP contribution < -0.4 is 10.6 Å². The maximum Gasteiger partial charge on any atom is 0.239 e. The Hall–Kier alpha value is -2.53. The van der Waals surface area contributed by atoms with Crippen molar-refractivity contribution in [2.75, 3.05) is 18.4 Å². The molecule has 92 valence electrons. The number of benzene rings is 1. The molecule has 0 aliphatic rings. The van der Waals surface area contributed by atoms with E-state index in [1.165, 1.54) is 0 Å². The number of nitrogens with zero attached hydrogens (tertiary/aromatic N) is 2.